The molecule has 1 amide bonds. The fourth-order valence-corrected chi connectivity index (χ4v) is 4.16. The number of carbonyl (C=O) groups excluding carboxylic acids is 1. The van der Waals surface area contributed by atoms with E-state index >= 15 is 0 Å². The summed E-state index contributed by atoms with van der Waals surface area (Å²) >= 11 is 6.32. The van der Waals surface area contributed by atoms with Crippen molar-refractivity contribution >= 4 is 34.9 Å². The Morgan fingerprint density at radius 1 is 1.03 bits per heavy atom. The predicted molar refractivity (Wildman–Crippen MR) is 146 cm³/mol. The van der Waals surface area contributed by atoms with Gasteiger partial charge in [0, 0.05) is 57.8 Å². The summed E-state index contributed by atoms with van der Waals surface area (Å²) in [7, 11) is 0. The molecule has 0 spiro atoms. The van der Waals surface area contributed by atoms with E-state index in [2.05, 4.69) is 15.6 Å². The van der Waals surface area contributed by atoms with Gasteiger partial charge in [-0.2, -0.15) is 0 Å². The minimum Gasteiger partial charge on any atom is -0.351 e. The highest BCUT2D eigenvalue weighted by Crippen LogP contribution is 2.34. The maximum Gasteiger partial charge on any atom is 0.251 e. The molecule has 9 heteroatoms. The molecule has 0 bridgehead atoms. The number of nitrogens with zero attached hydrogens (tertiary/aromatic N) is 3. The summed E-state index contributed by atoms with van der Waals surface area (Å²) in [5, 5.41) is 6.44. The van der Waals surface area contributed by atoms with Crippen molar-refractivity contribution in [1.29, 1.82) is 0 Å². The Bertz CT molecular complexity index is 1470. The molecule has 1 aliphatic heterocycles. The number of benzene rings is 3. The number of halogens is 2. The van der Waals surface area contributed by atoms with Gasteiger partial charge in [-0.05, 0) is 48.5 Å². The number of aromatic nitrogens is 2. The zero-order valence-corrected chi connectivity index (χ0v) is 19.9. The van der Waals surface area contributed by atoms with Crippen LogP contribution in [0.3, 0.4) is 0 Å². The van der Waals surface area contributed by atoms with E-state index < -0.39 is 0 Å². The van der Waals surface area contributed by atoms with Gasteiger partial charge in [0.25, 0.3) is 5.91 Å². The molecular formula is C28H26ClFN6O. The SMILES string of the molecule is C.NCCNC(=O)c1ccc(Nc2ncc3c(n2)-c2ccc(Cl)cc2C(c2ccccc2F)=NC3)cc1. The molecule has 0 radical (unpaired) electrons. The Balaban J connectivity index is 0.00000320. The molecule has 188 valence electrons. The van der Waals surface area contributed by atoms with Crippen LogP contribution in [0.4, 0.5) is 16.0 Å². The zero-order valence-electron chi connectivity index (χ0n) is 19.1. The van der Waals surface area contributed by atoms with Crippen LogP contribution in [0.5, 0.6) is 0 Å². The van der Waals surface area contributed by atoms with Gasteiger partial charge in [0.1, 0.15) is 5.82 Å². The van der Waals surface area contributed by atoms with Crippen molar-refractivity contribution in [3.63, 3.8) is 0 Å². The van der Waals surface area contributed by atoms with Gasteiger partial charge in [-0.25, -0.2) is 14.4 Å². The van der Waals surface area contributed by atoms with E-state index in [-0.39, 0.29) is 25.7 Å². The third kappa shape index (κ3) is 5.50. The van der Waals surface area contributed by atoms with Crippen molar-refractivity contribution < 1.29 is 9.18 Å². The smallest absolute Gasteiger partial charge is 0.251 e. The topological polar surface area (TPSA) is 105 Å². The summed E-state index contributed by atoms with van der Waals surface area (Å²) in [4.78, 5) is 26.0. The van der Waals surface area contributed by atoms with Crippen LogP contribution in [0.15, 0.2) is 77.9 Å². The number of nitrogens with two attached hydrogens (primary N) is 1. The number of fused-ring (bicyclic) bond motifs is 3. The van der Waals surface area contributed by atoms with Crippen molar-refractivity contribution in [3.8, 4) is 11.3 Å². The van der Waals surface area contributed by atoms with Gasteiger partial charge in [0.05, 0.1) is 18.0 Å². The van der Waals surface area contributed by atoms with Crippen LogP contribution >= 0.6 is 11.6 Å². The molecule has 5 rings (SSSR count). The summed E-state index contributed by atoms with van der Waals surface area (Å²) in [5.41, 5.74) is 10.6. The van der Waals surface area contributed by atoms with Crippen LogP contribution in [0.2, 0.25) is 5.02 Å². The van der Waals surface area contributed by atoms with Crippen molar-refractivity contribution in [3.05, 3.63) is 106 Å². The van der Waals surface area contributed by atoms with E-state index in [0.29, 0.717) is 52.2 Å². The molecule has 4 N–H and O–H groups in total. The van der Waals surface area contributed by atoms with E-state index in [1.54, 1.807) is 60.8 Å². The number of carbonyl (C=O) groups is 1. The summed E-state index contributed by atoms with van der Waals surface area (Å²) < 4.78 is 14.7. The van der Waals surface area contributed by atoms with Crippen molar-refractivity contribution in [2.24, 2.45) is 10.7 Å². The molecule has 0 unspecified atom stereocenters. The molecule has 0 fully saturated rings. The van der Waals surface area contributed by atoms with E-state index in [0.717, 1.165) is 16.8 Å². The highest BCUT2D eigenvalue weighted by Gasteiger charge is 2.23. The monoisotopic (exact) mass is 516 g/mol. The van der Waals surface area contributed by atoms with Crippen LogP contribution in [0, 0.1) is 5.82 Å². The number of hydrogen-bond donors (Lipinski definition) is 3. The molecule has 0 saturated carbocycles. The van der Waals surface area contributed by atoms with Gasteiger partial charge in [-0.1, -0.05) is 37.2 Å². The summed E-state index contributed by atoms with van der Waals surface area (Å²) in [5.74, 6) is -0.166. The summed E-state index contributed by atoms with van der Waals surface area (Å²) in [6.07, 6.45) is 1.71. The fourth-order valence-electron chi connectivity index (χ4n) is 3.99. The van der Waals surface area contributed by atoms with Gasteiger partial charge < -0.3 is 16.4 Å². The lowest BCUT2D eigenvalue weighted by atomic mass is 9.95. The Labute approximate surface area is 219 Å². The van der Waals surface area contributed by atoms with E-state index in [9.17, 15) is 9.18 Å². The van der Waals surface area contributed by atoms with Crippen molar-refractivity contribution in [2.45, 2.75) is 14.0 Å². The number of anilines is 2. The van der Waals surface area contributed by atoms with Gasteiger partial charge in [-0.15, -0.1) is 0 Å². The van der Waals surface area contributed by atoms with Crippen molar-refractivity contribution in [2.75, 3.05) is 18.4 Å². The molecule has 1 aliphatic rings. The number of rotatable bonds is 6. The van der Waals surface area contributed by atoms with Crippen LogP contribution in [0.1, 0.15) is 34.5 Å². The van der Waals surface area contributed by atoms with Gasteiger partial charge in [-0.3, -0.25) is 9.79 Å². The van der Waals surface area contributed by atoms with E-state index in [4.69, 9.17) is 27.3 Å². The zero-order chi connectivity index (χ0) is 25.1. The van der Waals surface area contributed by atoms with Crippen molar-refractivity contribution in [1.82, 2.24) is 15.3 Å². The fraction of sp³-hybridized carbons (Fsp3) is 0.143. The normalized spacial score (nSPS) is 11.8. The number of amides is 1. The number of hydrogen-bond acceptors (Lipinski definition) is 6. The second kappa shape index (κ2) is 11.3. The Kier molecular flexibility index (Phi) is 7.91. The average Bonchev–Trinajstić information content (AvgIpc) is 3.04. The Morgan fingerprint density at radius 3 is 2.57 bits per heavy atom. The third-order valence-corrected chi connectivity index (χ3v) is 5.96. The molecule has 0 aliphatic carbocycles. The molecule has 2 heterocycles. The third-order valence-electron chi connectivity index (χ3n) is 5.73. The van der Waals surface area contributed by atoms with Gasteiger partial charge >= 0.3 is 0 Å². The number of nitrogens with one attached hydrogen (secondary N) is 2. The second-order valence-corrected chi connectivity index (χ2v) is 8.59. The molecule has 0 saturated heterocycles. The lowest BCUT2D eigenvalue weighted by Gasteiger charge is -2.13. The highest BCUT2D eigenvalue weighted by atomic mass is 35.5. The molecule has 7 nitrogen and oxygen atoms in total. The second-order valence-electron chi connectivity index (χ2n) is 8.15. The first-order valence-corrected chi connectivity index (χ1v) is 11.7. The lowest BCUT2D eigenvalue weighted by Crippen LogP contribution is -2.28. The van der Waals surface area contributed by atoms with Gasteiger partial charge in [0.15, 0.2) is 0 Å². The van der Waals surface area contributed by atoms with Crippen LogP contribution in [0.25, 0.3) is 11.3 Å². The molecule has 1 aromatic heterocycles. The first kappa shape index (κ1) is 25.9. The van der Waals surface area contributed by atoms with Crippen LogP contribution in [-0.4, -0.2) is 34.7 Å². The maximum atomic E-state index is 14.7. The summed E-state index contributed by atoms with van der Waals surface area (Å²) in [6.45, 7) is 1.08. The first-order valence-electron chi connectivity index (χ1n) is 11.3. The van der Waals surface area contributed by atoms with Gasteiger partial charge in [0.2, 0.25) is 5.95 Å². The highest BCUT2D eigenvalue weighted by molar-refractivity contribution is 6.31. The molecule has 4 aromatic rings. The molecule has 0 atom stereocenters. The predicted octanol–water partition coefficient (Wildman–Crippen LogP) is 5.36. The van der Waals surface area contributed by atoms with E-state index in [1.807, 2.05) is 6.07 Å². The molecule has 3 aromatic carbocycles. The minimum atomic E-state index is -0.360. The van der Waals surface area contributed by atoms with E-state index in [1.165, 1.54) is 6.07 Å². The Morgan fingerprint density at radius 2 is 1.81 bits per heavy atom. The minimum absolute atomic E-state index is 0. The number of aliphatic imine (C=N–C) groups is 1. The lowest BCUT2D eigenvalue weighted by molar-refractivity contribution is 0.0955. The molecule has 37 heavy (non-hydrogen) atoms. The quantitative estimate of drug-likeness (QED) is 0.320. The van der Waals surface area contributed by atoms with Crippen LogP contribution < -0.4 is 16.4 Å². The standard InChI is InChI=1S/C27H22ClFN6O.CH4/c28-18-7-10-20-22(13-18)25(21-3-1-2-4-23(21)29)32-14-17-15-33-27(35-24(17)20)34-19-8-5-16(6-9-19)26(36)31-12-11-30;/h1-10,13,15H,11-12,14,30H2,(H,31,36)(H,33,34,35);1H4. The first-order chi connectivity index (χ1) is 17.5. The maximum absolute atomic E-state index is 14.7. The van der Waals surface area contributed by atoms with Crippen LogP contribution in [-0.2, 0) is 6.54 Å². The molecular weight excluding hydrogens is 491 g/mol. The Hall–Kier alpha value is -4.14. The largest absolute Gasteiger partial charge is 0.351 e. The summed E-state index contributed by atoms with van der Waals surface area (Å²) in [6, 6.07) is 18.9. The average molecular weight is 517 g/mol.